The van der Waals surface area contributed by atoms with E-state index < -0.39 is 0 Å². The van der Waals surface area contributed by atoms with Crippen molar-refractivity contribution in [3.8, 4) is 0 Å². The Bertz CT molecular complexity index is 519. The number of aromatic nitrogens is 1. The number of carbonyl (C=O) groups excluding carboxylic acids is 1. The molecule has 0 saturated heterocycles. The summed E-state index contributed by atoms with van der Waals surface area (Å²) >= 11 is 0. The van der Waals surface area contributed by atoms with Crippen LogP contribution < -0.4 is 5.32 Å². The molecule has 5 nitrogen and oxygen atoms in total. The molecule has 1 heterocycles. The van der Waals surface area contributed by atoms with E-state index in [-0.39, 0.29) is 6.03 Å². The molecule has 3 rings (SSSR count). The number of nitrogens with one attached hydrogen (secondary N) is 1. The summed E-state index contributed by atoms with van der Waals surface area (Å²) in [6.07, 6.45) is 11.2. The molecular weight excluding hydrogens is 302 g/mol. The van der Waals surface area contributed by atoms with Gasteiger partial charge in [0, 0.05) is 31.5 Å². The molecule has 2 amide bonds. The third-order valence-corrected chi connectivity index (χ3v) is 5.07. The zero-order valence-electron chi connectivity index (χ0n) is 14.6. The van der Waals surface area contributed by atoms with E-state index in [1.54, 1.807) is 6.20 Å². The summed E-state index contributed by atoms with van der Waals surface area (Å²) in [5, 5.41) is 3.02. The standard InChI is InChI=1S/C19H29N3O2/c1-15-5-2-3-7-18(15)24-12-11-21-19(23)22(17-8-9-17)14-16-6-4-10-20-13-16/h4,6,10,13,15,17-18H,2-3,5,7-9,11-12,14H2,1H3,(H,21,23). The van der Waals surface area contributed by atoms with E-state index in [0.717, 1.165) is 24.8 Å². The summed E-state index contributed by atoms with van der Waals surface area (Å²) in [7, 11) is 0. The van der Waals surface area contributed by atoms with Crippen molar-refractivity contribution in [3.63, 3.8) is 0 Å². The monoisotopic (exact) mass is 331 g/mol. The van der Waals surface area contributed by atoms with Crippen LogP contribution in [0.5, 0.6) is 0 Å². The van der Waals surface area contributed by atoms with Crippen molar-refractivity contribution in [1.82, 2.24) is 15.2 Å². The predicted octanol–water partition coefficient (Wildman–Crippen LogP) is 3.35. The maximum Gasteiger partial charge on any atom is 0.318 e. The molecule has 5 heteroatoms. The molecule has 0 radical (unpaired) electrons. The number of urea groups is 1. The lowest BCUT2D eigenvalue weighted by atomic mass is 9.88. The minimum Gasteiger partial charge on any atom is -0.376 e. The second-order valence-corrected chi connectivity index (χ2v) is 7.12. The highest BCUT2D eigenvalue weighted by atomic mass is 16.5. The molecular formula is C19H29N3O2. The van der Waals surface area contributed by atoms with E-state index in [0.29, 0.717) is 37.8 Å². The van der Waals surface area contributed by atoms with Gasteiger partial charge < -0.3 is 15.0 Å². The van der Waals surface area contributed by atoms with E-state index in [1.165, 1.54) is 19.3 Å². The van der Waals surface area contributed by atoms with Gasteiger partial charge in [-0.15, -0.1) is 0 Å². The Morgan fingerprint density at radius 3 is 2.88 bits per heavy atom. The van der Waals surface area contributed by atoms with Crippen molar-refractivity contribution in [3.05, 3.63) is 30.1 Å². The Kier molecular flexibility index (Phi) is 6.07. The number of amides is 2. The number of pyridine rings is 1. The van der Waals surface area contributed by atoms with Crippen LogP contribution in [0.3, 0.4) is 0 Å². The van der Waals surface area contributed by atoms with Crippen molar-refractivity contribution in [1.29, 1.82) is 0 Å². The Morgan fingerprint density at radius 1 is 1.33 bits per heavy atom. The maximum absolute atomic E-state index is 12.5. The summed E-state index contributed by atoms with van der Waals surface area (Å²) in [5.41, 5.74) is 1.08. The fourth-order valence-corrected chi connectivity index (χ4v) is 3.44. The number of carbonyl (C=O) groups is 1. The Labute approximate surface area is 144 Å². The van der Waals surface area contributed by atoms with Crippen LogP contribution in [-0.2, 0) is 11.3 Å². The van der Waals surface area contributed by atoms with Crippen LogP contribution in [0.15, 0.2) is 24.5 Å². The van der Waals surface area contributed by atoms with Crippen LogP contribution in [0.4, 0.5) is 4.79 Å². The molecule has 2 saturated carbocycles. The zero-order chi connectivity index (χ0) is 16.8. The van der Waals surface area contributed by atoms with Crippen LogP contribution in [0.2, 0.25) is 0 Å². The molecule has 2 atom stereocenters. The SMILES string of the molecule is CC1CCCCC1OCCNC(=O)N(Cc1cccnc1)C1CC1. The third-order valence-electron chi connectivity index (χ3n) is 5.07. The van der Waals surface area contributed by atoms with Crippen molar-refractivity contribution in [2.45, 2.75) is 64.1 Å². The van der Waals surface area contributed by atoms with E-state index in [2.05, 4.69) is 17.2 Å². The van der Waals surface area contributed by atoms with Gasteiger partial charge in [0.05, 0.1) is 12.7 Å². The van der Waals surface area contributed by atoms with Gasteiger partial charge >= 0.3 is 6.03 Å². The lowest BCUT2D eigenvalue weighted by Gasteiger charge is -2.29. The second kappa shape index (κ2) is 8.47. The zero-order valence-corrected chi connectivity index (χ0v) is 14.6. The topological polar surface area (TPSA) is 54.5 Å². The molecule has 1 aromatic heterocycles. The van der Waals surface area contributed by atoms with E-state index in [1.807, 2.05) is 23.2 Å². The van der Waals surface area contributed by atoms with Gasteiger partial charge in [0.2, 0.25) is 0 Å². The van der Waals surface area contributed by atoms with Crippen molar-refractivity contribution in [2.24, 2.45) is 5.92 Å². The third kappa shape index (κ3) is 4.94. The highest BCUT2D eigenvalue weighted by molar-refractivity contribution is 5.74. The number of rotatable bonds is 7. The first-order valence-electron chi connectivity index (χ1n) is 9.29. The fourth-order valence-electron chi connectivity index (χ4n) is 3.44. The van der Waals surface area contributed by atoms with Gasteiger partial charge in [-0.05, 0) is 43.2 Å². The average Bonchev–Trinajstić information content (AvgIpc) is 3.43. The minimum atomic E-state index is 0.0154. The van der Waals surface area contributed by atoms with Crippen LogP contribution in [0.25, 0.3) is 0 Å². The summed E-state index contributed by atoms with van der Waals surface area (Å²) in [4.78, 5) is 18.5. The van der Waals surface area contributed by atoms with Gasteiger partial charge in [0.1, 0.15) is 0 Å². The van der Waals surface area contributed by atoms with Gasteiger partial charge in [0.25, 0.3) is 0 Å². The first-order valence-corrected chi connectivity index (χ1v) is 9.29. The predicted molar refractivity (Wildman–Crippen MR) is 93.6 cm³/mol. The smallest absolute Gasteiger partial charge is 0.318 e. The molecule has 0 spiro atoms. The lowest BCUT2D eigenvalue weighted by molar-refractivity contribution is -0.00275. The van der Waals surface area contributed by atoms with Gasteiger partial charge in [-0.25, -0.2) is 4.79 Å². The summed E-state index contributed by atoms with van der Waals surface area (Å²) in [5.74, 6) is 0.642. The van der Waals surface area contributed by atoms with Gasteiger partial charge in [-0.2, -0.15) is 0 Å². The molecule has 0 aliphatic heterocycles. The highest BCUT2D eigenvalue weighted by Gasteiger charge is 2.32. The Morgan fingerprint density at radius 2 is 2.17 bits per heavy atom. The van der Waals surface area contributed by atoms with Crippen LogP contribution in [-0.4, -0.2) is 41.2 Å². The highest BCUT2D eigenvalue weighted by Crippen LogP contribution is 2.28. The first kappa shape index (κ1) is 17.2. The number of hydrogen-bond donors (Lipinski definition) is 1. The molecule has 0 bridgehead atoms. The molecule has 2 aliphatic carbocycles. The van der Waals surface area contributed by atoms with Gasteiger partial charge in [-0.1, -0.05) is 25.8 Å². The Hall–Kier alpha value is -1.62. The van der Waals surface area contributed by atoms with Crippen LogP contribution >= 0.6 is 0 Å². The van der Waals surface area contributed by atoms with Crippen molar-refractivity contribution < 1.29 is 9.53 Å². The molecule has 2 unspecified atom stereocenters. The number of nitrogens with zero attached hydrogens (tertiary/aromatic N) is 2. The van der Waals surface area contributed by atoms with Crippen molar-refractivity contribution >= 4 is 6.03 Å². The maximum atomic E-state index is 12.5. The Balaban J connectivity index is 1.41. The van der Waals surface area contributed by atoms with E-state index >= 15 is 0 Å². The molecule has 1 aromatic rings. The van der Waals surface area contributed by atoms with Gasteiger partial charge in [0.15, 0.2) is 0 Å². The van der Waals surface area contributed by atoms with E-state index in [4.69, 9.17) is 4.74 Å². The lowest BCUT2D eigenvalue weighted by Crippen LogP contribution is -2.42. The summed E-state index contributed by atoms with van der Waals surface area (Å²) in [6, 6.07) is 4.33. The van der Waals surface area contributed by atoms with Crippen molar-refractivity contribution in [2.75, 3.05) is 13.2 Å². The molecule has 2 fully saturated rings. The first-order chi connectivity index (χ1) is 11.7. The molecule has 2 aliphatic rings. The molecule has 24 heavy (non-hydrogen) atoms. The quantitative estimate of drug-likeness (QED) is 0.780. The largest absolute Gasteiger partial charge is 0.376 e. The van der Waals surface area contributed by atoms with Gasteiger partial charge in [-0.3, -0.25) is 4.98 Å². The summed E-state index contributed by atoms with van der Waals surface area (Å²) in [6.45, 7) is 4.08. The number of hydrogen-bond acceptors (Lipinski definition) is 3. The minimum absolute atomic E-state index is 0.0154. The van der Waals surface area contributed by atoms with Crippen LogP contribution in [0, 0.1) is 5.92 Å². The van der Waals surface area contributed by atoms with E-state index in [9.17, 15) is 4.79 Å². The molecule has 1 N–H and O–H groups in total. The fraction of sp³-hybridized carbons (Fsp3) is 0.684. The average molecular weight is 331 g/mol. The number of ether oxygens (including phenoxy) is 1. The second-order valence-electron chi connectivity index (χ2n) is 7.12. The molecule has 132 valence electrons. The normalized spacial score (nSPS) is 23.7. The summed E-state index contributed by atoms with van der Waals surface area (Å²) < 4.78 is 5.98. The molecule has 0 aromatic carbocycles. The van der Waals surface area contributed by atoms with Crippen LogP contribution in [0.1, 0.15) is 51.0 Å².